The fourth-order valence-electron chi connectivity index (χ4n) is 2.76. The average molecular weight is 246 g/mol. The second-order valence-corrected chi connectivity index (χ2v) is 4.98. The Bertz CT molecular complexity index is 767. The van der Waals surface area contributed by atoms with Crippen molar-refractivity contribution in [2.45, 2.75) is 13.0 Å². The Labute approximate surface area is 112 Å². The van der Waals surface area contributed by atoms with E-state index in [2.05, 4.69) is 59.8 Å². The Morgan fingerprint density at radius 2 is 1.95 bits per heavy atom. The highest BCUT2D eigenvalue weighted by Gasteiger charge is 2.11. The Morgan fingerprint density at radius 1 is 1.05 bits per heavy atom. The molecule has 1 aromatic heterocycles. The van der Waals surface area contributed by atoms with Crippen LogP contribution < -0.4 is 0 Å². The van der Waals surface area contributed by atoms with Crippen LogP contribution in [-0.4, -0.2) is 9.78 Å². The van der Waals surface area contributed by atoms with Gasteiger partial charge in [0.05, 0.1) is 12.1 Å². The summed E-state index contributed by atoms with van der Waals surface area (Å²) in [6, 6.07) is 14.7. The summed E-state index contributed by atoms with van der Waals surface area (Å²) in [6.07, 6.45) is 7.62. The maximum absolute atomic E-state index is 4.67. The van der Waals surface area contributed by atoms with Crippen LogP contribution in [0.5, 0.6) is 0 Å². The molecule has 1 aliphatic rings. The first-order valence-corrected chi connectivity index (χ1v) is 6.60. The molecule has 2 aromatic carbocycles. The minimum absolute atomic E-state index is 0.831. The molecule has 0 fully saturated rings. The monoisotopic (exact) mass is 246 g/mol. The summed E-state index contributed by atoms with van der Waals surface area (Å²) in [5, 5.41) is 5.96. The van der Waals surface area contributed by atoms with E-state index in [9.17, 15) is 0 Å². The van der Waals surface area contributed by atoms with Crippen LogP contribution in [0, 0.1) is 0 Å². The molecule has 0 radical (unpaired) electrons. The van der Waals surface area contributed by atoms with E-state index in [4.69, 9.17) is 0 Å². The van der Waals surface area contributed by atoms with Crippen molar-refractivity contribution in [1.29, 1.82) is 0 Å². The lowest BCUT2D eigenvalue weighted by Gasteiger charge is -2.00. The third-order valence-corrected chi connectivity index (χ3v) is 3.69. The highest BCUT2D eigenvalue weighted by molar-refractivity contribution is 5.87. The molecule has 2 nitrogen and oxygen atoms in total. The van der Waals surface area contributed by atoms with Crippen molar-refractivity contribution in [1.82, 2.24) is 9.78 Å². The molecule has 0 bridgehead atoms. The zero-order chi connectivity index (χ0) is 12.7. The lowest BCUT2D eigenvalue weighted by Crippen LogP contribution is -1.99. The van der Waals surface area contributed by atoms with Gasteiger partial charge in [-0.25, -0.2) is 0 Å². The van der Waals surface area contributed by atoms with E-state index in [1.165, 1.54) is 22.1 Å². The first-order valence-electron chi connectivity index (χ1n) is 6.60. The molecule has 1 heterocycles. The number of benzene rings is 2. The minimum atomic E-state index is 0.831. The molecule has 1 aliphatic carbocycles. The maximum atomic E-state index is 4.67. The van der Waals surface area contributed by atoms with E-state index in [1.807, 2.05) is 10.7 Å². The number of nitrogens with zero attached hydrogens (tertiary/aromatic N) is 2. The summed E-state index contributed by atoms with van der Waals surface area (Å²) in [5.74, 6) is 0. The van der Waals surface area contributed by atoms with Gasteiger partial charge in [0, 0.05) is 11.6 Å². The molecule has 0 saturated carbocycles. The summed E-state index contributed by atoms with van der Waals surface area (Å²) in [7, 11) is 0. The molecule has 0 N–H and O–H groups in total. The molecule has 0 atom stereocenters. The van der Waals surface area contributed by atoms with Crippen molar-refractivity contribution in [3.8, 4) is 0 Å². The summed E-state index contributed by atoms with van der Waals surface area (Å²) in [6.45, 7) is 0.831. The van der Waals surface area contributed by atoms with E-state index in [0.717, 1.165) is 18.5 Å². The fourth-order valence-corrected chi connectivity index (χ4v) is 2.76. The van der Waals surface area contributed by atoms with E-state index in [1.54, 1.807) is 0 Å². The topological polar surface area (TPSA) is 17.8 Å². The van der Waals surface area contributed by atoms with Crippen molar-refractivity contribution in [3.05, 3.63) is 71.4 Å². The van der Waals surface area contributed by atoms with Gasteiger partial charge >= 0.3 is 0 Å². The van der Waals surface area contributed by atoms with Crippen LogP contribution in [0.25, 0.3) is 17.0 Å². The molecule has 0 saturated heterocycles. The summed E-state index contributed by atoms with van der Waals surface area (Å²) >= 11 is 0. The second-order valence-electron chi connectivity index (χ2n) is 4.98. The van der Waals surface area contributed by atoms with Crippen LogP contribution >= 0.6 is 0 Å². The van der Waals surface area contributed by atoms with Gasteiger partial charge in [-0.1, -0.05) is 48.6 Å². The molecule has 92 valence electrons. The van der Waals surface area contributed by atoms with Gasteiger partial charge < -0.3 is 0 Å². The third kappa shape index (κ3) is 1.76. The summed E-state index contributed by atoms with van der Waals surface area (Å²) < 4.78 is 2.04. The van der Waals surface area contributed by atoms with Gasteiger partial charge in [-0.2, -0.15) is 5.10 Å². The van der Waals surface area contributed by atoms with Crippen molar-refractivity contribution in [3.63, 3.8) is 0 Å². The molecule has 19 heavy (non-hydrogen) atoms. The molecule has 0 unspecified atom stereocenters. The van der Waals surface area contributed by atoms with Crippen LogP contribution in [0.15, 0.2) is 54.7 Å². The normalized spacial score (nSPS) is 13.1. The molecule has 0 spiro atoms. The van der Waals surface area contributed by atoms with Gasteiger partial charge in [-0.3, -0.25) is 4.68 Å². The van der Waals surface area contributed by atoms with E-state index in [-0.39, 0.29) is 0 Å². The van der Waals surface area contributed by atoms with Crippen molar-refractivity contribution in [2.75, 3.05) is 0 Å². The quantitative estimate of drug-likeness (QED) is 0.675. The zero-order valence-corrected chi connectivity index (χ0v) is 10.6. The second kappa shape index (κ2) is 4.09. The van der Waals surface area contributed by atoms with Crippen LogP contribution in [0.3, 0.4) is 0 Å². The number of hydrogen-bond acceptors (Lipinski definition) is 1. The van der Waals surface area contributed by atoms with Crippen molar-refractivity contribution < 1.29 is 0 Å². The van der Waals surface area contributed by atoms with Crippen LogP contribution in [0.1, 0.15) is 16.7 Å². The van der Waals surface area contributed by atoms with E-state index < -0.39 is 0 Å². The molecule has 2 heteroatoms. The van der Waals surface area contributed by atoms with Gasteiger partial charge in [0.1, 0.15) is 0 Å². The molecule has 0 amide bonds. The smallest absolute Gasteiger partial charge is 0.0926 e. The number of aromatic nitrogens is 2. The summed E-state index contributed by atoms with van der Waals surface area (Å²) in [4.78, 5) is 0. The number of allylic oxidation sites excluding steroid dienone is 1. The van der Waals surface area contributed by atoms with Crippen LogP contribution in [0.2, 0.25) is 0 Å². The SMILES string of the molecule is C1=Cc2ccc3nn(Cc4ccccc4)cc3c2C1. The largest absolute Gasteiger partial charge is 0.267 e. The molecule has 3 aromatic rings. The Hall–Kier alpha value is -2.35. The first kappa shape index (κ1) is 10.6. The molecular weight excluding hydrogens is 232 g/mol. The lowest BCUT2D eigenvalue weighted by atomic mass is 10.1. The van der Waals surface area contributed by atoms with Gasteiger partial charge in [0.2, 0.25) is 0 Å². The van der Waals surface area contributed by atoms with Gasteiger partial charge in [-0.15, -0.1) is 0 Å². The van der Waals surface area contributed by atoms with Gasteiger partial charge in [0.25, 0.3) is 0 Å². The van der Waals surface area contributed by atoms with Crippen LogP contribution in [0.4, 0.5) is 0 Å². The maximum Gasteiger partial charge on any atom is 0.0926 e. The average Bonchev–Trinajstić information content (AvgIpc) is 3.04. The molecular formula is C17H14N2. The Kier molecular flexibility index (Phi) is 2.27. The molecule has 0 aliphatic heterocycles. The van der Waals surface area contributed by atoms with Crippen LogP contribution in [-0.2, 0) is 13.0 Å². The summed E-state index contributed by atoms with van der Waals surface area (Å²) in [5.41, 5.74) is 5.13. The highest BCUT2D eigenvalue weighted by atomic mass is 15.3. The van der Waals surface area contributed by atoms with Gasteiger partial charge in [-0.05, 0) is 29.2 Å². The fraction of sp³-hybridized carbons (Fsp3) is 0.118. The van der Waals surface area contributed by atoms with Gasteiger partial charge in [0.15, 0.2) is 0 Å². The first-order chi connectivity index (χ1) is 9.40. The predicted octanol–water partition coefficient (Wildman–Crippen LogP) is 3.65. The highest BCUT2D eigenvalue weighted by Crippen LogP contribution is 2.27. The number of rotatable bonds is 2. The van der Waals surface area contributed by atoms with E-state index in [0.29, 0.717) is 0 Å². The predicted molar refractivity (Wildman–Crippen MR) is 78.0 cm³/mol. The zero-order valence-electron chi connectivity index (χ0n) is 10.6. The Morgan fingerprint density at radius 3 is 2.84 bits per heavy atom. The van der Waals surface area contributed by atoms with E-state index >= 15 is 0 Å². The third-order valence-electron chi connectivity index (χ3n) is 3.69. The Balaban J connectivity index is 1.77. The molecule has 4 rings (SSSR count). The van der Waals surface area contributed by atoms with Crippen molar-refractivity contribution >= 4 is 17.0 Å². The lowest BCUT2D eigenvalue weighted by molar-refractivity contribution is 0.696. The standard InChI is InChI=1S/C17H14N2/c1-2-5-13(6-3-1)11-19-12-16-15-8-4-7-14(15)9-10-17(16)18-19/h1-7,9-10,12H,8,11H2. The minimum Gasteiger partial charge on any atom is -0.267 e. The number of fused-ring (bicyclic) bond motifs is 3. The van der Waals surface area contributed by atoms with Crippen molar-refractivity contribution in [2.24, 2.45) is 0 Å². The number of hydrogen-bond donors (Lipinski definition) is 0.